The van der Waals surface area contributed by atoms with Gasteiger partial charge in [0.05, 0.1) is 12.4 Å². The second-order valence-electron chi connectivity index (χ2n) is 5.89. The second-order valence-corrected chi connectivity index (χ2v) is 7.87. The molecule has 6 heteroatoms. The highest BCUT2D eigenvalue weighted by Gasteiger charge is 2.27. The summed E-state index contributed by atoms with van der Waals surface area (Å²) < 4.78 is 38.2. The third-order valence-corrected chi connectivity index (χ3v) is 5.36. The van der Waals surface area contributed by atoms with Gasteiger partial charge in [-0.25, -0.2) is 17.1 Å². The van der Waals surface area contributed by atoms with Gasteiger partial charge >= 0.3 is 0 Å². The molecule has 0 radical (unpaired) electrons. The van der Waals surface area contributed by atoms with E-state index in [1.807, 2.05) is 0 Å². The molecule has 0 bridgehead atoms. The van der Waals surface area contributed by atoms with E-state index in [4.69, 9.17) is 0 Å². The van der Waals surface area contributed by atoms with Crippen molar-refractivity contribution in [3.63, 3.8) is 0 Å². The molecule has 1 fully saturated rings. The maximum atomic E-state index is 13.5. The highest BCUT2D eigenvalue weighted by Crippen LogP contribution is 2.29. The van der Waals surface area contributed by atoms with Gasteiger partial charge < -0.3 is 5.11 Å². The molecule has 1 saturated heterocycles. The van der Waals surface area contributed by atoms with Crippen LogP contribution < -0.4 is 0 Å². The minimum atomic E-state index is -3.18. The van der Waals surface area contributed by atoms with E-state index in [-0.39, 0.29) is 11.7 Å². The Morgan fingerprint density at radius 3 is 2.81 bits per heavy atom. The number of benzene rings is 1. The number of nitrogens with zero attached hydrogens (tertiary/aromatic N) is 1. The van der Waals surface area contributed by atoms with Gasteiger partial charge in [0, 0.05) is 13.1 Å². The smallest absolute Gasteiger partial charge is 0.211 e. The van der Waals surface area contributed by atoms with E-state index >= 15 is 0 Å². The molecule has 0 amide bonds. The Morgan fingerprint density at radius 1 is 1.48 bits per heavy atom. The third-order valence-electron chi connectivity index (χ3n) is 4.09. The molecular formula is C15H22FNO3S. The average molecular weight is 315 g/mol. The quantitative estimate of drug-likeness (QED) is 0.927. The van der Waals surface area contributed by atoms with E-state index in [0.717, 1.165) is 12.8 Å². The van der Waals surface area contributed by atoms with E-state index in [1.165, 1.54) is 16.6 Å². The van der Waals surface area contributed by atoms with Gasteiger partial charge in [-0.3, -0.25) is 0 Å². The van der Waals surface area contributed by atoms with Crippen LogP contribution in [0.3, 0.4) is 0 Å². The minimum absolute atomic E-state index is 0.104. The fraction of sp³-hybridized carbons (Fsp3) is 0.600. The lowest BCUT2D eigenvalue weighted by atomic mass is 9.91. The van der Waals surface area contributed by atoms with Crippen molar-refractivity contribution in [1.82, 2.24) is 4.31 Å². The highest BCUT2D eigenvalue weighted by molar-refractivity contribution is 7.88. The van der Waals surface area contributed by atoms with E-state index in [1.54, 1.807) is 19.1 Å². The fourth-order valence-electron chi connectivity index (χ4n) is 2.79. The van der Waals surface area contributed by atoms with Gasteiger partial charge in [0.2, 0.25) is 10.0 Å². The van der Waals surface area contributed by atoms with Crippen LogP contribution in [0, 0.1) is 18.7 Å². The van der Waals surface area contributed by atoms with Crippen LogP contribution in [0.4, 0.5) is 4.39 Å². The lowest BCUT2D eigenvalue weighted by Gasteiger charge is -2.32. The maximum Gasteiger partial charge on any atom is 0.211 e. The molecule has 4 nitrogen and oxygen atoms in total. The SMILES string of the molecule is Cc1ccc(C(O)CC2CCCN(S(C)(=O)=O)C2)cc1F. The standard InChI is InChI=1S/C15H22FNO3S/c1-11-5-6-13(9-14(11)16)15(18)8-12-4-3-7-17(10-12)21(2,19)20/h5-6,9,12,15,18H,3-4,7-8,10H2,1-2H3. The molecular weight excluding hydrogens is 293 g/mol. The lowest BCUT2D eigenvalue weighted by molar-refractivity contribution is 0.122. The number of rotatable bonds is 4. The summed E-state index contributed by atoms with van der Waals surface area (Å²) in [5, 5.41) is 10.2. The second kappa shape index (κ2) is 6.42. The Morgan fingerprint density at radius 2 is 2.19 bits per heavy atom. The largest absolute Gasteiger partial charge is 0.388 e. The Kier molecular flexibility index (Phi) is 5.01. The van der Waals surface area contributed by atoms with Gasteiger partial charge in [0.25, 0.3) is 0 Å². The van der Waals surface area contributed by atoms with Crippen LogP contribution in [0.2, 0.25) is 0 Å². The first-order valence-electron chi connectivity index (χ1n) is 7.16. The van der Waals surface area contributed by atoms with Crippen molar-refractivity contribution in [2.75, 3.05) is 19.3 Å². The number of hydrogen-bond donors (Lipinski definition) is 1. The van der Waals surface area contributed by atoms with Crippen molar-refractivity contribution < 1.29 is 17.9 Å². The van der Waals surface area contributed by atoms with Crippen LogP contribution in [0.25, 0.3) is 0 Å². The summed E-state index contributed by atoms with van der Waals surface area (Å²) in [5.41, 5.74) is 1.10. The summed E-state index contributed by atoms with van der Waals surface area (Å²) in [6.07, 6.45) is 2.59. The molecule has 1 aromatic carbocycles. The number of halogens is 1. The Bertz CT molecular complexity index is 603. The number of piperidine rings is 1. The molecule has 118 valence electrons. The zero-order chi connectivity index (χ0) is 15.6. The summed E-state index contributed by atoms with van der Waals surface area (Å²) >= 11 is 0. The van der Waals surface area contributed by atoms with Gasteiger partial charge in [0.1, 0.15) is 5.82 Å². The Balaban J connectivity index is 2.02. The van der Waals surface area contributed by atoms with Gasteiger partial charge in [-0.05, 0) is 49.3 Å². The lowest BCUT2D eigenvalue weighted by Crippen LogP contribution is -2.39. The molecule has 1 aliphatic heterocycles. The van der Waals surface area contributed by atoms with E-state index in [9.17, 15) is 17.9 Å². The molecule has 2 atom stereocenters. The molecule has 0 aliphatic carbocycles. The monoisotopic (exact) mass is 315 g/mol. The van der Waals surface area contributed by atoms with Crippen molar-refractivity contribution in [3.8, 4) is 0 Å². The third kappa shape index (κ3) is 4.25. The molecule has 0 saturated carbocycles. The fourth-order valence-corrected chi connectivity index (χ4v) is 3.73. The number of sulfonamides is 1. The predicted octanol–water partition coefficient (Wildman–Crippen LogP) is 2.23. The maximum absolute atomic E-state index is 13.5. The van der Waals surface area contributed by atoms with Crippen molar-refractivity contribution in [1.29, 1.82) is 0 Å². The summed E-state index contributed by atoms with van der Waals surface area (Å²) in [5.74, 6) is -0.221. The molecule has 1 N–H and O–H groups in total. The van der Waals surface area contributed by atoms with Gasteiger partial charge in [-0.1, -0.05) is 12.1 Å². The minimum Gasteiger partial charge on any atom is -0.388 e. The van der Waals surface area contributed by atoms with Crippen LogP contribution in [0.15, 0.2) is 18.2 Å². The first-order valence-corrected chi connectivity index (χ1v) is 9.01. The highest BCUT2D eigenvalue weighted by atomic mass is 32.2. The topological polar surface area (TPSA) is 57.6 Å². The van der Waals surface area contributed by atoms with Crippen molar-refractivity contribution in [3.05, 3.63) is 35.1 Å². The molecule has 2 rings (SSSR count). The molecule has 0 spiro atoms. The summed E-state index contributed by atoms with van der Waals surface area (Å²) in [6, 6.07) is 4.73. The summed E-state index contributed by atoms with van der Waals surface area (Å²) in [4.78, 5) is 0. The van der Waals surface area contributed by atoms with E-state index < -0.39 is 16.1 Å². The van der Waals surface area contributed by atoms with E-state index in [0.29, 0.717) is 30.6 Å². The average Bonchev–Trinajstić information content (AvgIpc) is 2.41. The molecule has 1 aromatic rings. The predicted molar refractivity (Wildman–Crippen MR) is 79.9 cm³/mol. The Hall–Kier alpha value is -0.980. The normalized spacial score (nSPS) is 22.2. The molecule has 1 aliphatic rings. The van der Waals surface area contributed by atoms with Crippen molar-refractivity contribution >= 4 is 10.0 Å². The number of hydrogen-bond acceptors (Lipinski definition) is 3. The van der Waals surface area contributed by atoms with Crippen LogP contribution in [-0.4, -0.2) is 37.2 Å². The van der Waals surface area contributed by atoms with Crippen molar-refractivity contribution in [2.24, 2.45) is 5.92 Å². The zero-order valence-corrected chi connectivity index (χ0v) is 13.2. The van der Waals surface area contributed by atoms with Gasteiger partial charge in [-0.2, -0.15) is 0 Å². The molecule has 2 unspecified atom stereocenters. The number of aliphatic hydroxyl groups excluding tert-OH is 1. The van der Waals surface area contributed by atoms with Crippen LogP contribution in [-0.2, 0) is 10.0 Å². The first kappa shape index (κ1) is 16.4. The molecule has 21 heavy (non-hydrogen) atoms. The van der Waals surface area contributed by atoms with Crippen LogP contribution >= 0.6 is 0 Å². The first-order chi connectivity index (χ1) is 9.77. The summed E-state index contributed by atoms with van der Waals surface area (Å²) in [7, 11) is -3.18. The molecule has 1 heterocycles. The zero-order valence-electron chi connectivity index (χ0n) is 12.4. The van der Waals surface area contributed by atoms with Crippen LogP contribution in [0.1, 0.15) is 36.5 Å². The molecule has 0 aromatic heterocycles. The summed E-state index contributed by atoms with van der Waals surface area (Å²) in [6.45, 7) is 2.66. The van der Waals surface area contributed by atoms with Crippen molar-refractivity contribution in [2.45, 2.75) is 32.3 Å². The van der Waals surface area contributed by atoms with Crippen LogP contribution in [0.5, 0.6) is 0 Å². The number of aliphatic hydroxyl groups is 1. The number of aryl methyl sites for hydroxylation is 1. The van der Waals surface area contributed by atoms with Gasteiger partial charge in [-0.15, -0.1) is 0 Å². The van der Waals surface area contributed by atoms with Gasteiger partial charge in [0.15, 0.2) is 0 Å². The Labute approximate surface area is 125 Å². The van der Waals surface area contributed by atoms with E-state index in [2.05, 4.69) is 0 Å².